The Hall–Kier alpha value is -0.980. The Balaban J connectivity index is 1.31. The molecule has 3 rings (SSSR count). The standard InChI is InChI=1S/C25H40O/c1-3-25(18-19-25)15-8-5-4-6-11-22-20-21(12-13-23(22)26)10-7-9-14-24(2)16-17-24/h12-13,20,26H,3-11,14-19H2,1-2H3. The van der Waals surface area contributed by atoms with E-state index in [2.05, 4.69) is 26.0 Å². The third-order valence-corrected chi connectivity index (χ3v) is 7.35. The van der Waals surface area contributed by atoms with E-state index < -0.39 is 0 Å². The van der Waals surface area contributed by atoms with Crippen molar-refractivity contribution in [2.75, 3.05) is 0 Å². The van der Waals surface area contributed by atoms with Crippen LogP contribution < -0.4 is 0 Å². The summed E-state index contributed by atoms with van der Waals surface area (Å²) in [6.45, 7) is 4.79. The summed E-state index contributed by atoms with van der Waals surface area (Å²) in [5.74, 6) is 0.502. The van der Waals surface area contributed by atoms with E-state index in [-0.39, 0.29) is 0 Å². The second-order valence-corrected chi connectivity index (χ2v) is 9.75. The molecule has 0 saturated heterocycles. The zero-order valence-electron chi connectivity index (χ0n) is 17.3. The SMILES string of the molecule is CCC1(CCCCCCc2cc(CCCCC3(C)CC3)ccc2O)CC1. The molecular weight excluding hydrogens is 316 g/mol. The Bertz CT molecular complexity index is 566. The fourth-order valence-corrected chi connectivity index (χ4v) is 4.46. The van der Waals surface area contributed by atoms with E-state index in [1.165, 1.54) is 101 Å². The van der Waals surface area contributed by atoms with Gasteiger partial charge >= 0.3 is 0 Å². The van der Waals surface area contributed by atoms with Gasteiger partial charge in [-0.1, -0.05) is 58.1 Å². The van der Waals surface area contributed by atoms with Crippen LogP contribution in [0.2, 0.25) is 0 Å². The van der Waals surface area contributed by atoms with E-state index in [1.807, 2.05) is 6.07 Å². The Morgan fingerprint density at radius 3 is 2.23 bits per heavy atom. The van der Waals surface area contributed by atoms with E-state index >= 15 is 0 Å². The highest BCUT2D eigenvalue weighted by atomic mass is 16.3. The number of phenolic OH excluding ortho intramolecular Hbond substituents is 1. The molecule has 0 radical (unpaired) electrons. The minimum Gasteiger partial charge on any atom is -0.508 e. The molecule has 2 fully saturated rings. The maximum absolute atomic E-state index is 10.2. The van der Waals surface area contributed by atoms with Crippen molar-refractivity contribution in [3.63, 3.8) is 0 Å². The molecule has 146 valence electrons. The summed E-state index contributed by atoms with van der Waals surface area (Å²) in [7, 11) is 0. The molecule has 2 saturated carbocycles. The number of phenols is 1. The van der Waals surface area contributed by atoms with E-state index in [4.69, 9.17) is 0 Å². The summed E-state index contributed by atoms with van der Waals surface area (Å²) >= 11 is 0. The molecule has 0 bridgehead atoms. The summed E-state index contributed by atoms with van der Waals surface area (Å²) < 4.78 is 0. The summed E-state index contributed by atoms with van der Waals surface area (Å²) in [4.78, 5) is 0. The van der Waals surface area contributed by atoms with Crippen LogP contribution in [0.4, 0.5) is 0 Å². The number of hydrogen-bond donors (Lipinski definition) is 1. The number of rotatable bonds is 13. The van der Waals surface area contributed by atoms with Gasteiger partial charge in [0.15, 0.2) is 0 Å². The zero-order valence-corrected chi connectivity index (χ0v) is 17.3. The zero-order chi connectivity index (χ0) is 18.5. The van der Waals surface area contributed by atoms with Crippen LogP contribution in [0, 0.1) is 10.8 Å². The van der Waals surface area contributed by atoms with Crippen LogP contribution >= 0.6 is 0 Å². The Kier molecular flexibility index (Phi) is 6.70. The molecule has 1 nitrogen and oxygen atoms in total. The first kappa shape index (κ1) is 19.8. The van der Waals surface area contributed by atoms with Gasteiger partial charge in [-0.15, -0.1) is 0 Å². The third-order valence-electron chi connectivity index (χ3n) is 7.35. The average molecular weight is 357 g/mol. The molecule has 0 heterocycles. The number of aryl methyl sites for hydroxylation is 2. The minimum atomic E-state index is 0.502. The highest BCUT2D eigenvalue weighted by Gasteiger charge is 2.39. The van der Waals surface area contributed by atoms with Crippen LogP contribution in [-0.2, 0) is 12.8 Å². The lowest BCUT2D eigenvalue weighted by atomic mass is 9.94. The van der Waals surface area contributed by atoms with Crippen LogP contribution in [0.5, 0.6) is 5.75 Å². The predicted octanol–water partition coefficient (Wildman–Crippen LogP) is 7.59. The second kappa shape index (κ2) is 8.81. The fraction of sp³-hybridized carbons (Fsp3) is 0.760. The van der Waals surface area contributed by atoms with Crippen LogP contribution in [-0.4, -0.2) is 5.11 Å². The van der Waals surface area contributed by atoms with E-state index in [0.717, 1.165) is 11.8 Å². The first-order chi connectivity index (χ1) is 12.5. The van der Waals surface area contributed by atoms with Gasteiger partial charge in [0.25, 0.3) is 0 Å². The van der Waals surface area contributed by atoms with Gasteiger partial charge in [0, 0.05) is 0 Å². The molecule has 0 spiro atoms. The van der Waals surface area contributed by atoms with Crippen molar-refractivity contribution < 1.29 is 5.11 Å². The molecule has 2 aliphatic carbocycles. The molecule has 1 N–H and O–H groups in total. The average Bonchev–Trinajstić information content (AvgIpc) is 3.56. The highest BCUT2D eigenvalue weighted by Crippen LogP contribution is 2.52. The molecule has 2 aliphatic rings. The van der Waals surface area contributed by atoms with Crippen LogP contribution in [0.1, 0.15) is 108 Å². The fourth-order valence-electron chi connectivity index (χ4n) is 4.46. The Morgan fingerprint density at radius 2 is 1.54 bits per heavy atom. The van der Waals surface area contributed by atoms with E-state index in [0.29, 0.717) is 11.2 Å². The monoisotopic (exact) mass is 356 g/mol. The maximum atomic E-state index is 10.2. The van der Waals surface area contributed by atoms with Gasteiger partial charge in [-0.05, 0) is 92.2 Å². The molecule has 26 heavy (non-hydrogen) atoms. The van der Waals surface area contributed by atoms with Crippen molar-refractivity contribution in [2.45, 2.75) is 110 Å². The lowest BCUT2D eigenvalue weighted by Gasteiger charge is -2.12. The number of unbranched alkanes of at least 4 members (excludes halogenated alkanes) is 4. The lowest BCUT2D eigenvalue weighted by Crippen LogP contribution is -1.97. The molecule has 1 aromatic carbocycles. The van der Waals surface area contributed by atoms with Crippen molar-refractivity contribution in [2.24, 2.45) is 10.8 Å². The molecule has 0 aromatic heterocycles. The smallest absolute Gasteiger partial charge is 0.118 e. The van der Waals surface area contributed by atoms with Gasteiger partial charge in [0.1, 0.15) is 5.75 Å². The molecular formula is C25H40O. The van der Waals surface area contributed by atoms with Gasteiger partial charge in [0.2, 0.25) is 0 Å². The Morgan fingerprint density at radius 1 is 0.846 bits per heavy atom. The van der Waals surface area contributed by atoms with Crippen LogP contribution in [0.25, 0.3) is 0 Å². The summed E-state index contributed by atoms with van der Waals surface area (Å²) in [6.07, 6.45) is 20.2. The lowest BCUT2D eigenvalue weighted by molar-refractivity contribution is 0.419. The molecule has 0 aliphatic heterocycles. The topological polar surface area (TPSA) is 20.2 Å². The first-order valence-corrected chi connectivity index (χ1v) is 11.4. The van der Waals surface area contributed by atoms with Crippen LogP contribution in [0.3, 0.4) is 0 Å². The van der Waals surface area contributed by atoms with Gasteiger partial charge in [-0.2, -0.15) is 0 Å². The van der Waals surface area contributed by atoms with Crippen LogP contribution in [0.15, 0.2) is 18.2 Å². The van der Waals surface area contributed by atoms with Crippen molar-refractivity contribution in [3.05, 3.63) is 29.3 Å². The Labute approximate surface area is 161 Å². The number of hydrogen-bond acceptors (Lipinski definition) is 1. The predicted molar refractivity (Wildman–Crippen MR) is 112 cm³/mol. The molecule has 0 atom stereocenters. The van der Waals surface area contributed by atoms with Crippen molar-refractivity contribution >= 4 is 0 Å². The number of benzene rings is 1. The largest absolute Gasteiger partial charge is 0.508 e. The first-order valence-electron chi connectivity index (χ1n) is 11.4. The summed E-state index contributed by atoms with van der Waals surface area (Å²) in [5, 5.41) is 10.2. The van der Waals surface area contributed by atoms with Gasteiger partial charge < -0.3 is 5.11 Å². The van der Waals surface area contributed by atoms with Gasteiger partial charge in [-0.25, -0.2) is 0 Å². The highest BCUT2D eigenvalue weighted by molar-refractivity contribution is 5.36. The molecule has 0 amide bonds. The molecule has 1 heteroatoms. The van der Waals surface area contributed by atoms with Crippen molar-refractivity contribution in [1.82, 2.24) is 0 Å². The quantitative estimate of drug-likeness (QED) is 0.361. The summed E-state index contributed by atoms with van der Waals surface area (Å²) in [6, 6.07) is 6.31. The van der Waals surface area contributed by atoms with Crippen molar-refractivity contribution in [3.8, 4) is 5.75 Å². The maximum Gasteiger partial charge on any atom is 0.118 e. The minimum absolute atomic E-state index is 0.502. The van der Waals surface area contributed by atoms with E-state index in [1.54, 1.807) is 0 Å². The van der Waals surface area contributed by atoms with Crippen molar-refractivity contribution in [1.29, 1.82) is 0 Å². The number of aromatic hydroxyl groups is 1. The normalized spacial score (nSPS) is 19.5. The third kappa shape index (κ3) is 6.03. The second-order valence-electron chi connectivity index (χ2n) is 9.75. The summed E-state index contributed by atoms with van der Waals surface area (Å²) in [5.41, 5.74) is 4.03. The van der Waals surface area contributed by atoms with Gasteiger partial charge in [-0.3, -0.25) is 0 Å². The molecule has 0 unspecified atom stereocenters. The van der Waals surface area contributed by atoms with E-state index in [9.17, 15) is 5.11 Å². The van der Waals surface area contributed by atoms with Gasteiger partial charge in [0.05, 0.1) is 0 Å². The molecule has 1 aromatic rings.